The van der Waals surface area contributed by atoms with Gasteiger partial charge in [-0.15, -0.1) is 0 Å². The summed E-state index contributed by atoms with van der Waals surface area (Å²) in [4.78, 5) is 10.7. The van der Waals surface area contributed by atoms with Crippen molar-refractivity contribution in [3.05, 3.63) is 59.5 Å². The first kappa shape index (κ1) is 22.1. The van der Waals surface area contributed by atoms with E-state index in [1.165, 1.54) is 18.5 Å². The molecule has 3 heterocycles. The van der Waals surface area contributed by atoms with Crippen molar-refractivity contribution in [2.45, 2.75) is 45.7 Å². The number of unbranched alkanes of at least 4 members (excludes halogenated alkanes) is 2. The van der Waals surface area contributed by atoms with Crippen LogP contribution in [0.15, 0.2) is 47.0 Å². The SMILES string of the molecule is CCCCN(CCCC)CC1=N[C]=C2NC=C(c3ncccc3C(F)(F)F)C=C2N1. The van der Waals surface area contributed by atoms with E-state index in [1.54, 1.807) is 6.08 Å². The van der Waals surface area contributed by atoms with E-state index in [4.69, 9.17) is 0 Å². The molecular formula is C22H27F3N5. The number of dihydropyridines is 1. The molecular weight excluding hydrogens is 391 g/mol. The molecule has 0 fully saturated rings. The zero-order chi connectivity index (χ0) is 21.6. The van der Waals surface area contributed by atoms with Gasteiger partial charge in [-0.3, -0.25) is 9.88 Å². The molecule has 161 valence electrons. The number of allylic oxidation sites excluding steroid dienone is 2. The van der Waals surface area contributed by atoms with Crippen LogP contribution in [0.25, 0.3) is 5.57 Å². The predicted octanol–water partition coefficient (Wildman–Crippen LogP) is 4.48. The second kappa shape index (κ2) is 9.93. The number of aliphatic imine (C=N–C) groups is 1. The fourth-order valence-corrected chi connectivity index (χ4v) is 3.32. The van der Waals surface area contributed by atoms with Gasteiger partial charge in [0.15, 0.2) is 0 Å². The molecule has 0 saturated heterocycles. The van der Waals surface area contributed by atoms with Gasteiger partial charge in [-0.05, 0) is 44.1 Å². The number of pyridine rings is 1. The van der Waals surface area contributed by atoms with Crippen LogP contribution in [0.5, 0.6) is 0 Å². The summed E-state index contributed by atoms with van der Waals surface area (Å²) in [7, 11) is 0. The number of fused-ring (bicyclic) bond motifs is 1. The Morgan fingerprint density at radius 2 is 1.87 bits per heavy atom. The molecule has 0 atom stereocenters. The summed E-state index contributed by atoms with van der Waals surface area (Å²) in [6, 6.07) is 2.33. The van der Waals surface area contributed by atoms with E-state index < -0.39 is 11.7 Å². The Balaban J connectivity index is 1.77. The summed E-state index contributed by atoms with van der Waals surface area (Å²) < 4.78 is 40.1. The number of hydrogen-bond acceptors (Lipinski definition) is 5. The molecule has 2 N–H and O–H groups in total. The number of nitrogens with zero attached hydrogens (tertiary/aromatic N) is 3. The monoisotopic (exact) mass is 418 g/mol. The van der Waals surface area contributed by atoms with Crippen LogP contribution in [0.4, 0.5) is 13.2 Å². The van der Waals surface area contributed by atoms with Crippen molar-refractivity contribution in [2.75, 3.05) is 19.6 Å². The van der Waals surface area contributed by atoms with Gasteiger partial charge in [-0.1, -0.05) is 26.7 Å². The number of amidine groups is 1. The number of alkyl halides is 3. The molecule has 1 aromatic heterocycles. The highest BCUT2D eigenvalue weighted by Crippen LogP contribution is 2.35. The summed E-state index contributed by atoms with van der Waals surface area (Å²) in [5.41, 5.74) is 0.720. The van der Waals surface area contributed by atoms with Crippen molar-refractivity contribution in [3.8, 4) is 0 Å². The average Bonchev–Trinajstić information content (AvgIpc) is 2.74. The molecule has 0 spiro atoms. The highest BCUT2D eigenvalue weighted by atomic mass is 19.4. The Morgan fingerprint density at radius 1 is 1.13 bits per heavy atom. The zero-order valence-electron chi connectivity index (χ0n) is 17.3. The van der Waals surface area contributed by atoms with Crippen LogP contribution in [-0.4, -0.2) is 35.4 Å². The lowest BCUT2D eigenvalue weighted by molar-refractivity contribution is -0.138. The Bertz CT molecular complexity index is 860. The van der Waals surface area contributed by atoms with Crippen LogP contribution in [0.1, 0.15) is 50.8 Å². The maximum Gasteiger partial charge on any atom is 0.418 e. The van der Waals surface area contributed by atoms with Gasteiger partial charge in [-0.25, -0.2) is 4.99 Å². The number of halogens is 3. The van der Waals surface area contributed by atoms with E-state index in [0.29, 0.717) is 23.5 Å². The molecule has 30 heavy (non-hydrogen) atoms. The zero-order valence-corrected chi connectivity index (χ0v) is 17.3. The van der Waals surface area contributed by atoms with Crippen LogP contribution in [-0.2, 0) is 6.18 Å². The Kier molecular flexibility index (Phi) is 7.31. The van der Waals surface area contributed by atoms with E-state index in [0.717, 1.165) is 50.7 Å². The van der Waals surface area contributed by atoms with Crippen LogP contribution >= 0.6 is 0 Å². The van der Waals surface area contributed by atoms with E-state index in [9.17, 15) is 13.2 Å². The molecule has 0 amide bonds. The molecule has 0 aromatic carbocycles. The van der Waals surface area contributed by atoms with Gasteiger partial charge in [0.25, 0.3) is 0 Å². The Labute approximate surface area is 175 Å². The van der Waals surface area contributed by atoms with Crippen molar-refractivity contribution in [3.63, 3.8) is 0 Å². The van der Waals surface area contributed by atoms with Crippen LogP contribution in [0, 0.1) is 6.20 Å². The number of nitrogens with one attached hydrogen (secondary N) is 2. The lowest BCUT2D eigenvalue weighted by Gasteiger charge is -2.27. The molecule has 0 bridgehead atoms. The average molecular weight is 418 g/mol. The third-order valence-electron chi connectivity index (χ3n) is 4.94. The molecule has 2 aliphatic heterocycles. The fraction of sp³-hybridized carbons (Fsp3) is 0.455. The fourth-order valence-electron chi connectivity index (χ4n) is 3.32. The summed E-state index contributed by atoms with van der Waals surface area (Å²) in [6.07, 6.45) is 7.46. The predicted molar refractivity (Wildman–Crippen MR) is 112 cm³/mol. The minimum absolute atomic E-state index is 0.109. The Morgan fingerprint density at radius 3 is 2.53 bits per heavy atom. The second-order valence-corrected chi connectivity index (χ2v) is 7.35. The molecule has 5 nitrogen and oxygen atoms in total. The Hall–Kier alpha value is -2.61. The summed E-state index contributed by atoms with van der Waals surface area (Å²) in [5, 5.41) is 6.23. The summed E-state index contributed by atoms with van der Waals surface area (Å²) >= 11 is 0. The lowest BCUT2D eigenvalue weighted by atomic mass is 10.0. The maximum absolute atomic E-state index is 13.4. The molecule has 0 aliphatic carbocycles. The highest BCUT2D eigenvalue weighted by Gasteiger charge is 2.35. The van der Waals surface area contributed by atoms with Gasteiger partial charge in [0, 0.05) is 18.0 Å². The van der Waals surface area contributed by atoms with E-state index in [1.807, 2.05) is 0 Å². The van der Waals surface area contributed by atoms with E-state index in [-0.39, 0.29) is 5.69 Å². The maximum atomic E-state index is 13.4. The largest absolute Gasteiger partial charge is 0.418 e. The molecule has 1 radical (unpaired) electrons. The first-order valence-corrected chi connectivity index (χ1v) is 10.3. The first-order chi connectivity index (χ1) is 14.4. The van der Waals surface area contributed by atoms with Crippen molar-refractivity contribution in [1.29, 1.82) is 0 Å². The molecule has 2 aliphatic rings. The van der Waals surface area contributed by atoms with Crippen molar-refractivity contribution < 1.29 is 13.2 Å². The smallest absolute Gasteiger partial charge is 0.358 e. The van der Waals surface area contributed by atoms with Crippen molar-refractivity contribution in [2.24, 2.45) is 4.99 Å². The summed E-state index contributed by atoms with van der Waals surface area (Å²) in [5.74, 6) is 0.734. The highest BCUT2D eigenvalue weighted by molar-refractivity contribution is 5.89. The van der Waals surface area contributed by atoms with E-state index in [2.05, 4.69) is 45.6 Å². The normalized spacial score (nSPS) is 16.1. The quantitative estimate of drug-likeness (QED) is 0.621. The molecule has 0 saturated carbocycles. The van der Waals surface area contributed by atoms with Crippen LogP contribution in [0.2, 0.25) is 0 Å². The number of rotatable bonds is 9. The van der Waals surface area contributed by atoms with Gasteiger partial charge >= 0.3 is 6.18 Å². The van der Waals surface area contributed by atoms with Gasteiger partial charge in [-0.2, -0.15) is 13.2 Å². The van der Waals surface area contributed by atoms with Gasteiger partial charge in [0.05, 0.1) is 29.2 Å². The molecule has 8 heteroatoms. The van der Waals surface area contributed by atoms with Crippen molar-refractivity contribution in [1.82, 2.24) is 20.5 Å². The molecule has 3 rings (SSSR count). The molecule has 0 unspecified atom stereocenters. The van der Waals surface area contributed by atoms with Crippen LogP contribution in [0.3, 0.4) is 0 Å². The number of aromatic nitrogens is 1. The standard InChI is InChI=1S/C22H27F3N5/c1-3-5-10-30(11-6-4-2)15-20-28-14-19-18(29-20)12-16(13-27-19)21-17(22(23,24)25)8-7-9-26-21/h7-9,12-13,27H,3-6,10-11,15H2,1-2H3,(H,28,29). The second-order valence-electron chi connectivity index (χ2n) is 7.35. The van der Waals surface area contributed by atoms with Crippen LogP contribution < -0.4 is 10.6 Å². The minimum atomic E-state index is -4.48. The first-order valence-electron chi connectivity index (χ1n) is 10.3. The molecule has 1 aromatic rings. The minimum Gasteiger partial charge on any atom is -0.358 e. The van der Waals surface area contributed by atoms with E-state index >= 15 is 0 Å². The topological polar surface area (TPSA) is 52.5 Å². The van der Waals surface area contributed by atoms with Crippen molar-refractivity contribution >= 4 is 11.4 Å². The van der Waals surface area contributed by atoms with Gasteiger partial charge in [0.1, 0.15) is 12.0 Å². The third kappa shape index (κ3) is 5.50. The number of hydrogen-bond donors (Lipinski definition) is 2. The summed E-state index contributed by atoms with van der Waals surface area (Å²) in [6.45, 7) is 6.94. The lowest BCUT2D eigenvalue weighted by Crippen LogP contribution is -2.41. The van der Waals surface area contributed by atoms with Gasteiger partial charge < -0.3 is 10.6 Å². The van der Waals surface area contributed by atoms with Gasteiger partial charge in [0.2, 0.25) is 0 Å². The third-order valence-corrected chi connectivity index (χ3v) is 4.94.